The Hall–Kier alpha value is -3.11. The molecule has 0 aromatic carbocycles. The second-order valence-corrected chi connectivity index (χ2v) is 6.65. The summed E-state index contributed by atoms with van der Waals surface area (Å²) in [5, 5.41) is 6.77. The molecule has 0 atom stereocenters. The molecule has 0 bridgehead atoms. The monoisotopic (exact) mass is 394 g/mol. The SMILES string of the molecule is Cc1cc(NC2CCN(C(=O)c3ccoc3)CC2)n2nc(C(F)(F)F)nc2n1. The molecule has 0 radical (unpaired) electrons. The van der Waals surface area contributed by atoms with Gasteiger partial charge in [-0.25, -0.2) is 4.98 Å². The molecule has 1 aliphatic heterocycles. The number of rotatable bonds is 3. The zero-order valence-corrected chi connectivity index (χ0v) is 14.9. The molecule has 3 aromatic rings. The molecule has 148 valence electrons. The van der Waals surface area contributed by atoms with E-state index in [4.69, 9.17) is 4.42 Å². The highest BCUT2D eigenvalue weighted by Crippen LogP contribution is 2.27. The summed E-state index contributed by atoms with van der Waals surface area (Å²) in [5.41, 5.74) is 1.03. The van der Waals surface area contributed by atoms with E-state index in [0.29, 0.717) is 43.0 Å². The highest BCUT2D eigenvalue weighted by Gasteiger charge is 2.37. The third kappa shape index (κ3) is 3.51. The van der Waals surface area contributed by atoms with Gasteiger partial charge >= 0.3 is 6.18 Å². The number of nitrogens with one attached hydrogen (secondary N) is 1. The lowest BCUT2D eigenvalue weighted by Crippen LogP contribution is -2.42. The van der Waals surface area contributed by atoms with Crippen molar-refractivity contribution >= 4 is 17.5 Å². The molecule has 1 N–H and O–H groups in total. The van der Waals surface area contributed by atoms with Crippen LogP contribution in [0.2, 0.25) is 0 Å². The van der Waals surface area contributed by atoms with Crippen LogP contribution in [0.1, 0.15) is 34.7 Å². The maximum atomic E-state index is 12.9. The van der Waals surface area contributed by atoms with E-state index in [-0.39, 0.29) is 17.7 Å². The number of furan rings is 1. The van der Waals surface area contributed by atoms with E-state index < -0.39 is 12.0 Å². The van der Waals surface area contributed by atoms with Crippen molar-refractivity contribution in [3.05, 3.63) is 41.7 Å². The quantitative estimate of drug-likeness (QED) is 0.735. The number of hydrogen-bond acceptors (Lipinski definition) is 6. The fourth-order valence-corrected chi connectivity index (χ4v) is 3.21. The molecule has 4 rings (SSSR count). The van der Waals surface area contributed by atoms with E-state index in [2.05, 4.69) is 20.4 Å². The summed E-state index contributed by atoms with van der Waals surface area (Å²) >= 11 is 0. The van der Waals surface area contributed by atoms with Gasteiger partial charge in [0.1, 0.15) is 12.1 Å². The maximum Gasteiger partial charge on any atom is 0.453 e. The van der Waals surface area contributed by atoms with E-state index in [1.807, 2.05) is 0 Å². The number of fused-ring (bicyclic) bond motifs is 1. The lowest BCUT2D eigenvalue weighted by molar-refractivity contribution is -0.144. The number of amides is 1. The number of anilines is 1. The fraction of sp³-hybridized carbons (Fsp3) is 0.412. The molecule has 0 saturated carbocycles. The molecule has 4 heterocycles. The van der Waals surface area contributed by atoms with Crippen molar-refractivity contribution in [2.75, 3.05) is 18.4 Å². The molecule has 1 fully saturated rings. The fourth-order valence-electron chi connectivity index (χ4n) is 3.21. The van der Waals surface area contributed by atoms with Crippen LogP contribution in [-0.4, -0.2) is 49.5 Å². The molecule has 0 unspecified atom stereocenters. The zero-order chi connectivity index (χ0) is 19.9. The molecule has 0 spiro atoms. The number of aromatic nitrogens is 4. The van der Waals surface area contributed by atoms with E-state index in [1.165, 1.54) is 12.5 Å². The first-order valence-electron chi connectivity index (χ1n) is 8.71. The van der Waals surface area contributed by atoms with Gasteiger partial charge in [0.2, 0.25) is 0 Å². The Labute approximate surface area is 157 Å². The average Bonchev–Trinajstić information content (AvgIpc) is 3.31. The molecular weight excluding hydrogens is 377 g/mol. The number of aryl methyl sites for hydroxylation is 1. The van der Waals surface area contributed by atoms with Crippen LogP contribution in [0.15, 0.2) is 29.1 Å². The Kier molecular flexibility index (Phi) is 4.44. The summed E-state index contributed by atoms with van der Waals surface area (Å²) in [4.78, 5) is 21.6. The van der Waals surface area contributed by atoms with Crippen molar-refractivity contribution in [3.63, 3.8) is 0 Å². The van der Waals surface area contributed by atoms with E-state index in [0.717, 1.165) is 4.52 Å². The molecular formula is C17H17F3N6O2. The van der Waals surface area contributed by atoms with Gasteiger partial charge in [0.05, 0.1) is 11.8 Å². The number of halogens is 3. The van der Waals surface area contributed by atoms with Gasteiger partial charge in [-0.2, -0.15) is 22.7 Å². The van der Waals surface area contributed by atoms with Gasteiger partial charge in [0, 0.05) is 30.9 Å². The highest BCUT2D eigenvalue weighted by molar-refractivity contribution is 5.93. The van der Waals surface area contributed by atoms with Crippen molar-refractivity contribution < 1.29 is 22.4 Å². The Morgan fingerprint density at radius 2 is 2.04 bits per heavy atom. The molecule has 0 aliphatic carbocycles. The Bertz CT molecular complexity index is 990. The van der Waals surface area contributed by atoms with E-state index in [1.54, 1.807) is 24.0 Å². The summed E-state index contributed by atoms with van der Waals surface area (Å²) in [6, 6.07) is 3.23. The van der Waals surface area contributed by atoms with Gasteiger partial charge in [-0.1, -0.05) is 0 Å². The van der Waals surface area contributed by atoms with E-state index >= 15 is 0 Å². The summed E-state index contributed by atoms with van der Waals surface area (Å²) in [7, 11) is 0. The van der Waals surface area contributed by atoms with Crippen LogP contribution in [0.25, 0.3) is 5.78 Å². The van der Waals surface area contributed by atoms with Crippen LogP contribution in [-0.2, 0) is 6.18 Å². The van der Waals surface area contributed by atoms with Crippen molar-refractivity contribution in [2.45, 2.75) is 32.0 Å². The highest BCUT2D eigenvalue weighted by atomic mass is 19.4. The molecule has 11 heteroatoms. The molecule has 1 saturated heterocycles. The van der Waals surface area contributed by atoms with Crippen LogP contribution in [0.3, 0.4) is 0 Å². The van der Waals surface area contributed by atoms with E-state index in [9.17, 15) is 18.0 Å². The number of carbonyl (C=O) groups excluding carboxylic acids is 1. The lowest BCUT2D eigenvalue weighted by Gasteiger charge is -2.32. The van der Waals surface area contributed by atoms with Crippen molar-refractivity contribution in [2.24, 2.45) is 0 Å². The summed E-state index contributed by atoms with van der Waals surface area (Å²) in [6.45, 7) is 2.74. The van der Waals surface area contributed by atoms with Crippen molar-refractivity contribution in [1.29, 1.82) is 0 Å². The first-order valence-corrected chi connectivity index (χ1v) is 8.71. The van der Waals surface area contributed by atoms with Crippen LogP contribution in [0.4, 0.5) is 19.0 Å². The zero-order valence-electron chi connectivity index (χ0n) is 14.9. The lowest BCUT2D eigenvalue weighted by atomic mass is 10.0. The molecule has 1 amide bonds. The minimum Gasteiger partial charge on any atom is -0.472 e. The van der Waals surface area contributed by atoms with Gasteiger partial charge in [0.25, 0.3) is 17.5 Å². The maximum absolute atomic E-state index is 12.9. The normalized spacial score (nSPS) is 15.9. The number of piperidine rings is 1. The third-order valence-electron chi connectivity index (χ3n) is 4.60. The van der Waals surface area contributed by atoms with Crippen LogP contribution >= 0.6 is 0 Å². The Balaban J connectivity index is 1.48. The smallest absolute Gasteiger partial charge is 0.453 e. The minimum absolute atomic E-state index is 0.0167. The number of alkyl halides is 3. The predicted molar refractivity (Wildman–Crippen MR) is 91.8 cm³/mol. The molecule has 8 nitrogen and oxygen atoms in total. The summed E-state index contributed by atoms with van der Waals surface area (Å²) in [5.74, 6) is -1.04. The first kappa shape index (κ1) is 18.3. The van der Waals surface area contributed by atoms with Crippen molar-refractivity contribution in [1.82, 2.24) is 24.5 Å². The van der Waals surface area contributed by atoms with Gasteiger partial charge in [-0.3, -0.25) is 4.79 Å². The molecule has 1 aliphatic rings. The summed E-state index contributed by atoms with van der Waals surface area (Å²) in [6.07, 6.45) is -0.490. The topological polar surface area (TPSA) is 88.6 Å². The van der Waals surface area contributed by atoms with Crippen LogP contribution < -0.4 is 5.32 Å². The predicted octanol–water partition coefficient (Wildman–Crippen LogP) is 2.76. The van der Waals surface area contributed by atoms with Gasteiger partial charge in [0.15, 0.2) is 0 Å². The standard InChI is InChI=1S/C17H17F3N6O2/c1-10-8-13(26-16(21-10)23-15(24-26)17(18,19)20)22-12-2-5-25(6-3-12)14(27)11-4-7-28-9-11/h4,7-9,12,22H,2-3,5-6H2,1H3. The average molecular weight is 394 g/mol. The molecule has 3 aromatic heterocycles. The first-order chi connectivity index (χ1) is 13.3. The van der Waals surface area contributed by atoms with Gasteiger partial charge < -0.3 is 14.6 Å². The van der Waals surface area contributed by atoms with Gasteiger partial charge in [-0.05, 0) is 25.8 Å². The minimum atomic E-state index is -4.64. The second-order valence-electron chi connectivity index (χ2n) is 6.65. The second kappa shape index (κ2) is 6.80. The van der Waals surface area contributed by atoms with Gasteiger partial charge in [-0.15, -0.1) is 5.10 Å². The number of hydrogen-bond donors (Lipinski definition) is 1. The summed E-state index contributed by atoms with van der Waals surface area (Å²) < 4.78 is 44.8. The third-order valence-corrected chi connectivity index (χ3v) is 4.60. The van der Waals surface area contributed by atoms with Crippen LogP contribution in [0.5, 0.6) is 0 Å². The Morgan fingerprint density at radius 3 is 2.68 bits per heavy atom. The molecule has 28 heavy (non-hydrogen) atoms. The van der Waals surface area contributed by atoms with Crippen LogP contribution in [0, 0.1) is 6.92 Å². The Morgan fingerprint density at radius 1 is 1.29 bits per heavy atom. The van der Waals surface area contributed by atoms with Crippen molar-refractivity contribution in [3.8, 4) is 0 Å². The number of likely N-dealkylation sites (tertiary alicyclic amines) is 1. The number of nitrogens with zero attached hydrogens (tertiary/aromatic N) is 5. The number of carbonyl (C=O) groups is 1. The largest absolute Gasteiger partial charge is 0.472 e.